The van der Waals surface area contributed by atoms with Crippen LogP contribution in [0.2, 0.25) is 0 Å². The molecule has 1 amide bonds. The summed E-state index contributed by atoms with van der Waals surface area (Å²) in [5.74, 6) is -0.921. The molecule has 4 rings (SSSR count). The molecule has 31 heavy (non-hydrogen) atoms. The topological polar surface area (TPSA) is 75.4 Å². The Hall–Kier alpha value is -2.68. The van der Waals surface area contributed by atoms with Crippen molar-refractivity contribution in [3.63, 3.8) is 0 Å². The predicted octanol–water partition coefficient (Wildman–Crippen LogP) is 3.93. The van der Waals surface area contributed by atoms with E-state index in [1.165, 1.54) is 33.9 Å². The Labute approximate surface area is 185 Å². The van der Waals surface area contributed by atoms with E-state index in [1.807, 2.05) is 19.1 Å². The van der Waals surface area contributed by atoms with Crippen molar-refractivity contribution < 1.29 is 9.18 Å². The van der Waals surface area contributed by atoms with Crippen LogP contribution in [0.4, 0.5) is 9.52 Å². The number of hydrogen-bond donors (Lipinski definition) is 1. The fourth-order valence-corrected chi connectivity index (χ4v) is 4.45. The number of nitrogens with zero attached hydrogens (tertiary/aromatic N) is 4. The van der Waals surface area contributed by atoms with Crippen LogP contribution in [0.25, 0.3) is 10.6 Å². The molecule has 0 spiro atoms. The van der Waals surface area contributed by atoms with Crippen molar-refractivity contribution in [1.82, 2.24) is 15.1 Å². The number of amides is 1. The minimum atomic E-state index is -0.530. The van der Waals surface area contributed by atoms with Crippen molar-refractivity contribution in [2.45, 2.75) is 32.4 Å². The minimum absolute atomic E-state index is 0.0467. The molecular weight excluding hydrogens is 413 g/mol. The zero-order chi connectivity index (χ0) is 21.8. The number of likely N-dealkylation sites (tertiary alicyclic amines) is 1. The first-order valence-electron chi connectivity index (χ1n) is 10.5. The molecule has 1 aliphatic heterocycles. The van der Waals surface area contributed by atoms with E-state index >= 15 is 0 Å². The highest BCUT2D eigenvalue weighted by atomic mass is 32.1. The monoisotopic (exact) mass is 439 g/mol. The number of hydrogen-bond acceptors (Lipinski definition) is 6. The second-order valence-electron chi connectivity index (χ2n) is 7.83. The number of benzene rings is 2. The molecular formula is C23H26FN5OS. The average Bonchev–Trinajstić information content (AvgIpc) is 3.23. The molecule has 3 aromatic rings. The highest BCUT2D eigenvalue weighted by Gasteiger charge is 2.24. The summed E-state index contributed by atoms with van der Waals surface area (Å²) in [4.78, 5) is 16.9. The fraction of sp³-hybridized carbons (Fsp3) is 0.348. The first-order chi connectivity index (χ1) is 15.0. The Kier molecular flexibility index (Phi) is 6.70. The molecule has 2 heterocycles. The van der Waals surface area contributed by atoms with Crippen molar-refractivity contribution >= 4 is 22.4 Å². The van der Waals surface area contributed by atoms with Crippen LogP contribution < -0.4 is 10.6 Å². The van der Waals surface area contributed by atoms with Crippen LogP contribution in [-0.2, 0) is 6.54 Å². The van der Waals surface area contributed by atoms with E-state index in [0.717, 1.165) is 43.0 Å². The van der Waals surface area contributed by atoms with E-state index < -0.39 is 11.7 Å². The maximum atomic E-state index is 14.2. The summed E-state index contributed by atoms with van der Waals surface area (Å²) in [7, 11) is 0. The zero-order valence-electron chi connectivity index (χ0n) is 17.5. The third-order valence-corrected chi connectivity index (χ3v) is 6.32. The molecule has 1 fully saturated rings. The molecule has 1 saturated heterocycles. The largest absolute Gasteiger partial charge is 0.325 e. The Balaban J connectivity index is 1.52. The highest BCUT2D eigenvalue weighted by molar-refractivity contribution is 7.18. The summed E-state index contributed by atoms with van der Waals surface area (Å²) >= 11 is 1.34. The van der Waals surface area contributed by atoms with Crippen LogP contribution in [0.5, 0.6) is 0 Å². The van der Waals surface area contributed by atoms with Crippen LogP contribution in [0.1, 0.15) is 35.7 Å². The SMILES string of the molecule is CCCCN(C(=O)c1ccccc1F)c1nnc(-c2ccc(CN3CC(N)C3)cc2)s1. The van der Waals surface area contributed by atoms with Gasteiger partial charge in [0.1, 0.15) is 10.8 Å². The lowest BCUT2D eigenvalue weighted by Crippen LogP contribution is -2.54. The molecule has 162 valence electrons. The van der Waals surface area contributed by atoms with Crippen molar-refractivity contribution in [1.29, 1.82) is 0 Å². The van der Waals surface area contributed by atoms with Gasteiger partial charge < -0.3 is 5.73 Å². The normalized spacial score (nSPS) is 14.4. The standard InChI is InChI=1S/C23H26FN5OS/c1-2-3-12-29(22(30)19-6-4-5-7-20(19)24)23-27-26-21(31-23)17-10-8-16(9-11-17)13-28-14-18(25)15-28/h4-11,18H,2-3,12-15,25H2,1H3. The number of carbonyl (C=O) groups excluding carboxylic acids is 1. The second kappa shape index (κ2) is 9.64. The van der Waals surface area contributed by atoms with Crippen molar-refractivity contribution in [3.05, 3.63) is 65.5 Å². The minimum Gasteiger partial charge on any atom is -0.325 e. The van der Waals surface area contributed by atoms with Gasteiger partial charge in [0.15, 0.2) is 0 Å². The zero-order valence-corrected chi connectivity index (χ0v) is 18.3. The van der Waals surface area contributed by atoms with E-state index in [9.17, 15) is 9.18 Å². The van der Waals surface area contributed by atoms with Crippen LogP contribution in [-0.4, -0.2) is 46.7 Å². The molecule has 1 aliphatic rings. The van der Waals surface area contributed by atoms with Gasteiger partial charge in [-0.2, -0.15) is 0 Å². The molecule has 1 aromatic heterocycles. The Morgan fingerprint density at radius 2 is 1.94 bits per heavy atom. The number of anilines is 1. The fourth-order valence-electron chi connectivity index (χ4n) is 3.57. The van der Waals surface area contributed by atoms with Gasteiger partial charge in [-0.1, -0.05) is 61.1 Å². The lowest BCUT2D eigenvalue weighted by atomic mass is 10.1. The van der Waals surface area contributed by atoms with Crippen molar-refractivity contribution in [2.24, 2.45) is 5.73 Å². The smallest absolute Gasteiger partial charge is 0.263 e. The second-order valence-corrected chi connectivity index (χ2v) is 8.79. The maximum absolute atomic E-state index is 14.2. The van der Waals surface area contributed by atoms with E-state index in [4.69, 9.17) is 5.73 Å². The summed E-state index contributed by atoms with van der Waals surface area (Å²) in [5.41, 5.74) is 8.06. The van der Waals surface area contributed by atoms with Gasteiger partial charge >= 0.3 is 0 Å². The molecule has 0 saturated carbocycles. The van der Waals surface area contributed by atoms with Gasteiger partial charge in [0, 0.05) is 37.8 Å². The van der Waals surface area contributed by atoms with Crippen LogP contribution in [0.15, 0.2) is 48.5 Å². The first kappa shape index (κ1) is 21.5. The average molecular weight is 440 g/mol. The number of nitrogens with two attached hydrogens (primary N) is 1. The third-order valence-electron chi connectivity index (χ3n) is 5.32. The molecule has 0 bridgehead atoms. The molecule has 2 aromatic carbocycles. The van der Waals surface area contributed by atoms with Crippen molar-refractivity contribution in [3.8, 4) is 10.6 Å². The predicted molar refractivity (Wildman–Crippen MR) is 122 cm³/mol. The van der Waals surface area contributed by atoms with Gasteiger partial charge in [-0.25, -0.2) is 4.39 Å². The molecule has 0 unspecified atom stereocenters. The van der Waals surface area contributed by atoms with Gasteiger partial charge in [0.25, 0.3) is 5.91 Å². The highest BCUT2D eigenvalue weighted by Crippen LogP contribution is 2.30. The molecule has 6 nitrogen and oxygen atoms in total. The van der Waals surface area contributed by atoms with Crippen LogP contribution in [0, 0.1) is 5.82 Å². The number of aromatic nitrogens is 2. The number of carbonyl (C=O) groups is 1. The van der Waals surface area contributed by atoms with Gasteiger partial charge in [-0.05, 0) is 24.1 Å². The van der Waals surface area contributed by atoms with Gasteiger partial charge in [0.05, 0.1) is 5.56 Å². The van der Waals surface area contributed by atoms with Gasteiger partial charge in [-0.3, -0.25) is 14.6 Å². The summed E-state index contributed by atoms with van der Waals surface area (Å²) in [6, 6.07) is 14.5. The lowest BCUT2D eigenvalue weighted by molar-refractivity contribution is 0.0982. The van der Waals surface area contributed by atoms with Gasteiger partial charge in [-0.15, -0.1) is 10.2 Å². The first-order valence-corrected chi connectivity index (χ1v) is 11.3. The number of halogens is 1. The van der Waals surface area contributed by atoms with Crippen LogP contribution >= 0.6 is 11.3 Å². The lowest BCUT2D eigenvalue weighted by Gasteiger charge is -2.36. The Morgan fingerprint density at radius 3 is 2.61 bits per heavy atom. The van der Waals surface area contributed by atoms with E-state index in [2.05, 4.69) is 27.2 Å². The van der Waals surface area contributed by atoms with E-state index in [0.29, 0.717) is 17.7 Å². The third kappa shape index (κ3) is 4.98. The molecule has 8 heteroatoms. The quantitative estimate of drug-likeness (QED) is 0.576. The summed E-state index contributed by atoms with van der Waals surface area (Å²) in [6.07, 6.45) is 1.71. The molecule has 0 radical (unpaired) electrons. The maximum Gasteiger partial charge on any atom is 0.263 e. The summed E-state index contributed by atoms with van der Waals surface area (Å²) in [5, 5.41) is 9.76. The van der Waals surface area contributed by atoms with Crippen molar-refractivity contribution in [2.75, 3.05) is 24.5 Å². The van der Waals surface area contributed by atoms with E-state index in [1.54, 1.807) is 12.1 Å². The van der Waals surface area contributed by atoms with Gasteiger partial charge in [0.2, 0.25) is 5.13 Å². The molecule has 0 atom stereocenters. The Morgan fingerprint density at radius 1 is 1.19 bits per heavy atom. The van der Waals surface area contributed by atoms with Crippen LogP contribution in [0.3, 0.4) is 0 Å². The van der Waals surface area contributed by atoms with E-state index in [-0.39, 0.29) is 5.56 Å². The summed E-state index contributed by atoms with van der Waals surface area (Å²) in [6.45, 7) is 5.27. The summed E-state index contributed by atoms with van der Waals surface area (Å²) < 4.78 is 14.2. The molecule has 0 aliphatic carbocycles. The number of rotatable bonds is 8. The molecule has 2 N–H and O–H groups in total. The Bertz CT molecular complexity index is 1030. The number of unbranched alkanes of at least 4 members (excludes halogenated alkanes) is 1.